The quantitative estimate of drug-likeness (QED) is 0.711. The Morgan fingerprint density at radius 3 is 2.75 bits per heavy atom. The molecule has 1 aromatic heterocycles. The predicted octanol–water partition coefficient (Wildman–Crippen LogP) is 3.05. The lowest BCUT2D eigenvalue weighted by Crippen LogP contribution is -1.82. The summed E-state index contributed by atoms with van der Waals surface area (Å²) in [7, 11) is 0. The molecule has 0 aliphatic carbocycles. The lowest BCUT2D eigenvalue weighted by Gasteiger charge is -1.98. The van der Waals surface area contributed by atoms with Gasteiger partial charge in [-0.3, -0.25) is 9.97 Å². The number of hydrogen-bond acceptors (Lipinski definition) is 2. The summed E-state index contributed by atoms with van der Waals surface area (Å²) in [6.45, 7) is 0. The Hall–Kier alpha value is -0.670. The van der Waals surface area contributed by atoms with E-state index in [9.17, 15) is 0 Å². The van der Waals surface area contributed by atoms with Crippen LogP contribution in [0.3, 0.4) is 0 Å². The van der Waals surface area contributed by atoms with E-state index in [-0.39, 0.29) is 0 Å². The van der Waals surface area contributed by atoms with Crippen LogP contribution < -0.4 is 0 Å². The van der Waals surface area contributed by atoms with Crippen molar-refractivity contribution >= 4 is 38.6 Å². The summed E-state index contributed by atoms with van der Waals surface area (Å²) in [5, 5.41) is 0.662. The van der Waals surface area contributed by atoms with Crippen LogP contribution in [0.4, 0.5) is 0 Å². The van der Waals surface area contributed by atoms with Crippen LogP contribution in [0.1, 0.15) is 0 Å². The van der Waals surface area contributed by atoms with Crippen LogP contribution in [0.25, 0.3) is 11.0 Å². The van der Waals surface area contributed by atoms with E-state index in [1.165, 1.54) is 0 Å². The second kappa shape index (κ2) is 2.99. The summed E-state index contributed by atoms with van der Waals surface area (Å²) in [4.78, 5) is 8.28. The fraction of sp³-hybridized carbons (Fsp3) is 0. The zero-order valence-electron chi connectivity index (χ0n) is 5.96. The fourth-order valence-electron chi connectivity index (χ4n) is 1.00. The third kappa shape index (κ3) is 1.30. The molecule has 2 rings (SSSR count). The lowest BCUT2D eigenvalue weighted by molar-refractivity contribution is 1.29. The maximum absolute atomic E-state index is 5.83. The van der Waals surface area contributed by atoms with Crippen molar-refractivity contribution in [3.63, 3.8) is 0 Å². The highest BCUT2D eigenvalue weighted by Gasteiger charge is 2.01. The second-order valence-electron chi connectivity index (χ2n) is 2.31. The molecule has 0 radical (unpaired) electrons. The van der Waals surface area contributed by atoms with Gasteiger partial charge in [0, 0.05) is 21.9 Å². The highest BCUT2D eigenvalue weighted by Crippen LogP contribution is 2.24. The van der Waals surface area contributed by atoms with Crippen LogP contribution in [0, 0.1) is 0 Å². The average Bonchev–Trinajstić information content (AvgIpc) is 2.04. The summed E-state index contributed by atoms with van der Waals surface area (Å²) in [5.41, 5.74) is 1.64. The number of nitrogens with zero attached hydrogens (tertiary/aromatic N) is 2. The third-order valence-corrected chi connectivity index (χ3v) is 2.31. The van der Waals surface area contributed by atoms with Gasteiger partial charge in [-0.05, 0) is 28.1 Å². The molecule has 0 atom stereocenters. The number of rotatable bonds is 0. The van der Waals surface area contributed by atoms with E-state index in [4.69, 9.17) is 11.6 Å². The zero-order valence-corrected chi connectivity index (χ0v) is 8.30. The van der Waals surface area contributed by atoms with Gasteiger partial charge in [0.1, 0.15) is 5.52 Å². The van der Waals surface area contributed by atoms with Crippen molar-refractivity contribution in [3.8, 4) is 0 Å². The van der Waals surface area contributed by atoms with Crippen LogP contribution in [-0.2, 0) is 0 Å². The minimum Gasteiger partial charge on any atom is -0.253 e. The molecule has 2 aromatic rings. The molecule has 0 N–H and O–H groups in total. The van der Waals surface area contributed by atoms with Crippen molar-refractivity contribution in [1.82, 2.24) is 9.97 Å². The maximum Gasteiger partial charge on any atom is 0.103 e. The van der Waals surface area contributed by atoms with Crippen LogP contribution in [0.15, 0.2) is 29.0 Å². The van der Waals surface area contributed by atoms with E-state index in [1.54, 1.807) is 24.5 Å². The second-order valence-corrected chi connectivity index (χ2v) is 3.60. The molecule has 0 unspecified atom stereocenters. The van der Waals surface area contributed by atoms with Gasteiger partial charge in [-0.15, -0.1) is 0 Å². The Balaban J connectivity index is 2.89. The van der Waals surface area contributed by atoms with Gasteiger partial charge in [-0.1, -0.05) is 11.6 Å². The van der Waals surface area contributed by atoms with E-state index >= 15 is 0 Å². The summed E-state index contributed by atoms with van der Waals surface area (Å²) in [6, 6.07) is 3.59. The smallest absolute Gasteiger partial charge is 0.103 e. The molecule has 4 heteroatoms. The minimum absolute atomic E-state index is 0.662. The zero-order chi connectivity index (χ0) is 8.55. The SMILES string of the molecule is Clc1cc(Br)c2nccnc2c1. The van der Waals surface area contributed by atoms with Gasteiger partial charge in [-0.2, -0.15) is 0 Å². The summed E-state index contributed by atoms with van der Waals surface area (Å²) in [5.74, 6) is 0. The number of fused-ring (bicyclic) bond motifs is 1. The molecule has 0 aliphatic heterocycles. The molecule has 1 heterocycles. The van der Waals surface area contributed by atoms with Gasteiger partial charge in [-0.25, -0.2) is 0 Å². The van der Waals surface area contributed by atoms with Gasteiger partial charge in [0.05, 0.1) is 5.52 Å². The first kappa shape index (κ1) is 7.95. The standard InChI is InChI=1S/C8H4BrClN2/c9-6-3-5(10)4-7-8(6)12-2-1-11-7/h1-4H. The Kier molecular flexibility index (Phi) is 1.98. The molecule has 0 saturated carbocycles. The number of hydrogen-bond donors (Lipinski definition) is 0. The highest BCUT2D eigenvalue weighted by molar-refractivity contribution is 9.10. The average molecular weight is 243 g/mol. The largest absolute Gasteiger partial charge is 0.253 e. The van der Waals surface area contributed by atoms with Crippen molar-refractivity contribution < 1.29 is 0 Å². The Morgan fingerprint density at radius 2 is 1.92 bits per heavy atom. The molecule has 0 spiro atoms. The first-order valence-corrected chi connectivity index (χ1v) is 4.50. The van der Waals surface area contributed by atoms with Crippen molar-refractivity contribution in [1.29, 1.82) is 0 Å². The highest BCUT2D eigenvalue weighted by atomic mass is 79.9. The molecule has 2 nitrogen and oxygen atoms in total. The monoisotopic (exact) mass is 242 g/mol. The fourth-order valence-corrected chi connectivity index (χ4v) is 1.90. The predicted molar refractivity (Wildman–Crippen MR) is 52.2 cm³/mol. The Morgan fingerprint density at radius 1 is 1.17 bits per heavy atom. The van der Waals surface area contributed by atoms with Crippen LogP contribution in [-0.4, -0.2) is 9.97 Å². The van der Waals surface area contributed by atoms with Crippen molar-refractivity contribution in [3.05, 3.63) is 34.0 Å². The van der Waals surface area contributed by atoms with Crippen LogP contribution in [0.2, 0.25) is 5.02 Å². The van der Waals surface area contributed by atoms with E-state index in [0.29, 0.717) is 5.02 Å². The van der Waals surface area contributed by atoms with E-state index in [1.807, 2.05) is 0 Å². The lowest BCUT2D eigenvalue weighted by atomic mass is 10.3. The summed E-state index contributed by atoms with van der Waals surface area (Å²) in [6.07, 6.45) is 3.30. The Bertz CT molecular complexity index is 430. The molecule has 0 saturated heterocycles. The van der Waals surface area contributed by atoms with Gasteiger partial charge >= 0.3 is 0 Å². The van der Waals surface area contributed by atoms with Gasteiger partial charge in [0.15, 0.2) is 0 Å². The molecule has 12 heavy (non-hydrogen) atoms. The first-order valence-electron chi connectivity index (χ1n) is 3.33. The third-order valence-electron chi connectivity index (χ3n) is 1.49. The molecule has 0 amide bonds. The van der Waals surface area contributed by atoms with Gasteiger partial charge < -0.3 is 0 Å². The van der Waals surface area contributed by atoms with Crippen LogP contribution >= 0.6 is 27.5 Å². The van der Waals surface area contributed by atoms with Crippen molar-refractivity contribution in [2.75, 3.05) is 0 Å². The molecular formula is C8H4BrClN2. The number of aromatic nitrogens is 2. The van der Waals surface area contributed by atoms with E-state index < -0.39 is 0 Å². The topological polar surface area (TPSA) is 25.8 Å². The molecule has 0 fully saturated rings. The van der Waals surface area contributed by atoms with E-state index in [2.05, 4.69) is 25.9 Å². The normalized spacial score (nSPS) is 10.5. The molecule has 1 aromatic carbocycles. The molecule has 0 aliphatic rings. The molecular weight excluding hydrogens is 239 g/mol. The van der Waals surface area contributed by atoms with Crippen molar-refractivity contribution in [2.24, 2.45) is 0 Å². The van der Waals surface area contributed by atoms with Crippen LogP contribution in [0.5, 0.6) is 0 Å². The summed E-state index contributed by atoms with van der Waals surface area (Å²) >= 11 is 9.19. The van der Waals surface area contributed by atoms with E-state index in [0.717, 1.165) is 15.5 Å². The number of halogens is 2. The Labute approximate surface area is 82.7 Å². The minimum atomic E-state index is 0.662. The van der Waals surface area contributed by atoms with Crippen molar-refractivity contribution in [2.45, 2.75) is 0 Å². The van der Waals surface area contributed by atoms with Gasteiger partial charge in [0.25, 0.3) is 0 Å². The maximum atomic E-state index is 5.83. The molecule has 60 valence electrons. The molecule has 0 bridgehead atoms. The number of benzene rings is 1. The summed E-state index contributed by atoms with van der Waals surface area (Å²) < 4.78 is 0.873. The first-order chi connectivity index (χ1) is 5.77. The van der Waals surface area contributed by atoms with Gasteiger partial charge in [0.2, 0.25) is 0 Å².